The van der Waals surface area contributed by atoms with Gasteiger partial charge >= 0.3 is 0 Å². The van der Waals surface area contributed by atoms with Crippen molar-refractivity contribution >= 4 is 43.2 Å². The highest BCUT2D eigenvalue weighted by molar-refractivity contribution is 9.12. The predicted molar refractivity (Wildman–Crippen MR) is 51.1 cm³/mol. The second-order valence-electron chi connectivity index (χ2n) is 1.04. The van der Waals surface area contributed by atoms with Crippen molar-refractivity contribution in [2.24, 2.45) is 0 Å². The van der Waals surface area contributed by atoms with Gasteiger partial charge in [-0.25, -0.2) is 0 Å². The van der Waals surface area contributed by atoms with Crippen LogP contribution in [0.4, 0.5) is 0 Å². The van der Waals surface area contributed by atoms with Gasteiger partial charge < -0.3 is 0 Å². The van der Waals surface area contributed by atoms with Crippen molar-refractivity contribution in [2.75, 3.05) is 0 Å². The zero-order valence-corrected chi connectivity index (χ0v) is 9.31. The van der Waals surface area contributed by atoms with Crippen LogP contribution in [0.3, 0.4) is 0 Å². The number of halogens is 2. The van der Waals surface area contributed by atoms with Crippen LogP contribution in [0.5, 0.6) is 0 Å². The van der Waals surface area contributed by atoms with E-state index in [1.807, 2.05) is 26.0 Å². The molecule has 0 spiro atoms. The topological polar surface area (TPSA) is 0 Å². The van der Waals surface area contributed by atoms with E-state index in [1.54, 1.807) is 11.3 Å². The van der Waals surface area contributed by atoms with Gasteiger partial charge in [0, 0.05) is 0 Å². The largest absolute Gasteiger partial charge is 0.121 e. The highest BCUT2D eigenvalue weighted by atomic mass is 79.9. The van der Waals surface area contributed by atoms with Crippen LogP contribution >= 0.6 is 43.2 Å². The monoisotopic (exact) mass is 270 g/mol. The molecule has 0 nitrogen and oxygen atoms in total. The Morgan fingerprint density at radius 1 is 1.11 bits per heavy atom. The molecule has 0 bridgehead atoms. The minimum atomic E-state index is 1.17. The summed E-state index contributed by atoms with van der Waals surface area (Å²) < 4.78 is 2.33. The number of hydrogen-bond donors (Lipinski definition) is 0. The third-order valence-electron chi connectivity index (χ3n) is 0.540. The van der Waals surface area contributed by atoms with Gasteiger partial charge in [-0.05, 0) is 44.0 Å². The molecule has 0 unspecified atom stereocenters. The van der Waals surface area contributed by atoms with Crippen molar-refractivity contribution in [3.63, 3.8) is 0 Å². The van der Waals surface area contributed by atoms with E-state index in [4.69, 9.17) is 0 Å². The summed E-state index contributed by atoms with van der Waals surface area (Å²) in [4.78, 5) is 0. The summed E-state index contributed by atoms with van der Waals surface area (Å²) in [7, 11) is 0. The van der Waals surface area contributed by atoms with Crippen molar-refractivity contribution in [1.82, 2.24) is 0 Å². The van der Waals surface area contributed by atoms with E-state index >= 15 is 0 Å². The van der Waals surface area contributed by atoms with Gasteiger partial charge in [0.25, 0.3) is 0 Å². The molecule has 0 aliphatic heterocycles. The van der Waals surface area contributed by atoms with Gasteiger partial charge in [-0.15, -0.1) is 11.3 Å². The van der Waals surface area contributed by atoms with Crippen molar-refractivity contribution in [1.29, 1.82) is 0 Å². The molecule has 3 heteroatoms. The summed E-state index contributed by atoms with van der Waals surface area (Å²) in [6.45, 7) is 4.00. The molecular formula is C6H8Br2S. The van der Waals surface area contributed by atoms with Gasteiger partial charge in [0.1, 0.15) is 0 Å². The van der Waals surface area contributed by atoms with Crippen LogP contribution in [-0.2, 0) is 0 Å². The van der Waals surface area contributed by atoms with Crippen LogP contribution in [0.15, 0.2) is 19.7 Å². The lowest BCUT2D eigenvalue weighted by molar-refractivity contribution is 1.50. The summed E-state index contributed by atoms with van der Waals surface area (Å²) in [6.07, 6.45) is 0. The predicted octanol–water partition coefficient (Wildman–Crippen LogP) is 4.30. The Morgan fingerprint density at radius 2 is 1.44 bits per heavy atom. The van der Waals surface area contributed by atoms with E-state index in [0.29, 0.717) is 0 Å². The first-order chi connectivity index (χ1) is 4.29. The molecule has 0 radical (unpaired) electrons. The Bertz CT molecular complexity index is 143. The molecule has 1 rings (SSSR count). The van der Waals surface area contributed by atoms with Crippen molar-refractivity contribution in [3.05, 3.63) is 19.7 Å². The standard InChI is InChI=1S/C4H2Br2S.C2H6/c5-3-1-2-4(6)7-3;1-2/h1-2H;1-2H3. The lowest BCUT2D eigenvalue weighted by Gasteiger charge is -1.67. The first-order valence-electron chi connectivity index (χ1n) is 2.70. The summed E-state index contributed by atoms with van der Waals surface area (Å²) in [5, 5.41) is 0. The summed E-state index contributed by atoms with van der Waals surface area (Å²) in [6, 6.07) is 4.02. The second kappa shape index (κ2) is 5.45. The molecular weight excluding hydrogens is 264 g/mol. The van der Waals surface area contributed by atoms with Gasteiger partial charge in [-0.3, -0.25) is 0 Å². The zero-order valence-electron chi connectivity index (χ0n) is 5.32. The fourth-order valence-electron chi connectivity index (χ4n) is 0.292. The fourth-order valence-corrected chi connectivity index (χ4v) is 2.71. The average Bonchev–Trinajstić information content (AvgIpc) is 2.20. The van der Waals surface area contributed by atoms with Gasteiger partial charge in [-0.2, -0.15) is 0 Å². The Balaban J connectivity index is 0.000000291. The highest BCUT2D eigenvalue weighted by Gasteiger charge is 1.88. The van der Waals surface area contributed by atoms with Crippen LogP contribution in [-0.4, -0.2) is 0 Å². The van der Waals surface area contributed by atoms with E-state index in [9.17, 15) is 0 Å². The Hall–Kier alpha value is 0.660. The molecule has 0 aliphatic carbocycles. The zero-order chi connectivity index (χ0) is 7.28. The van der Waals surface area contributed by atoms with Crippen LogP contribution in [0.1, 0.15) is 13.8 Å². The Labute approximate surface area is 76.5 Å². The molecule has 0 atom stereocenters. The smallest absolute Gasteiger partial charge is 0.0710 e. The van der Waals surface area contributed by atoms with E-state index in [2.05, 4.69) is 31.9 Å². The first kappa shape index (κ1) is 9.66. The molecule has 0 amide bonds. The fraction of sp³-hybridized carbons (Fsp3) is 0.333. The average molecular weight is 272 g/mol. The maximum absolute atomic E-state index is 3.32. The quantitative estimate of drug-likeness (QED) is 0.660. The van der Waals surface area contributed by atoms with Gasteiger partial charge in [0.05, 0.1) is 7.57 Å². The third-order valence-corrected chi connectivity index (χ3v) is 2.70. The van der Waals surface area contributed by atoms with Crippen molar-refractivity contribution in [2.45, 2.75) is 13.8 Å². The molecule has 1 aromatic rings. The van der Waals surface area contributed by atoms with E-state index < -0.39 is 0 Å². The lowest BCUT2D eigenvalue weighted by Crippen LogP contribution is -1.30. The second-order valence-corrected chi connectivity index (χ2v) is 4.89. The third kappa shape index (κ3) is 4.12. The summed E-state index contributed by atoms with van der Waals surface area (Å²) in [5.41, 5.74) is 0. The molecule has 9 heavy (non-hydrogen) atoms. The minimum absolute atomic E-state index is 1.17. The van der Waals surface area contributed by atoms with Crippen molar-refractivity contribution in [3.8, 4) is 0 Å². The first-order valence-corrected chi connectivity index (χ1v) is 5.10. The maximum Gasteiger partial charge on any atom is 0.0710 e. The van der Waals surface area contributed by atoms with Gasteiger partial charge in [0.15, 0.2) is 0 Å². The van der Waals surface area contributed by atoms with Gasteiger partial charge in [0.2, 0.25) is 0 Å². The molecule has 0 N–H and O–H groups in total. The van der Waals surface area contributed by atoms with Crippen LogP contribution in [0.2, 0.25) is 0 Å². The molecule has 0 aromatic carbocycles. The lowest BCUT2D eigenvalue weighted by atomic mass is 10.7. The minimum Gasteiger partial charge on any atom is -0.121 e. The highest BCUT2D eigenvalue weighted by Crippen LogP contribution is 2.25. The van der Waals surface area contributed by atoms with E-state index in [1.165, 1.54) is 7.57 Å². The van der Waals surface area contributed by atoms with Gasteiger partial charge in [-0.1, -0.05) is 13.8 Å². The normalized spacial score (nSPS) is 8.00. The molecule has 1 heterocycles. The number of rotatable bonds is 0. The van der Waals surface area contributed by atoms with E-state index in [-0.39, 0.29) is 0 Å². The van der Waals surface area contributed by atoms with Crippen molar-refractivity contribution < 1.29 is 0 Å². The molecule has 0 saturated heterocycles. The van der Waals surface area contributed by atoms with Crippen LogP contribution in [0, 0.1) is 0 Å². The molecule has 0 fully saturated rings. The molecule has 1 aromatic heterocycles. The number of thiophene rings is 1. The maximum atomic E-state index is 3.32. The summed E-state index contributed by atoms with van der Waals surface area (Å²) in [5.74, 6) is 0. The summed E-state index contributed by atoms with van der Waals surface area (Å²) >= 11 is 8.32. The molecule has 52 valence electrons. The van der Waals surface area contributed by atoms with E-state index in [0.717, 1.165) is 0 Å². The Morgan fingerprint density at radius 3 is 1.56 bits per heavy atom. The van der Waals surface area contributed by atoms with Crippen LogP contribution in [0.25, 0.3) is 0 Å². The SMILES string of the molecule is Brc1ccc(Br)s1.CC. The number of hydrogen-bond acceptors (Lipinski definition) is 1. The molecule has 0 aliphatic rings. The molecule has 0 saturated carbocycles. The Kier molecular flexibility index (Phi) is 5.84. The van der Waals surface area contributed by atoms with Crippen LogP contribution < -0.4 is 0 Å².